The van der Waals surface area contributed by atoms with Gasteiger partial charge >= 0.3 is 0 Å². The Bertz CT molecular complexity index is 769. The highest BCUT2D eigenvalue weighted by atomic mass is 16.2. The van der Waals surface area contributed by atoms with E-state index in [1.807, 2.05) is 30.3 Å². The van der Waals surface area contributed by atoms with Crippen LogP contribution in [0, 0.1) is 0 Å². The number of likely N-dealkylation sites (tertiary alicyclic amines) is 2. The number of hydrogen-bond donors (Lipinski definition) is 0. The van der Waals surface area contributed by atoms with E-state index in [2.05, 4.69) is 28.8 Å². The third-order valence-electron chi connectivity index (χ3n) is 6.04. The molecule has 24 heavy (non-hydrogen) atoms. The van der Waals surface area contributed by atoms with Crippen molar-refractivity contribution in [3.8, 4) is 0 Å². The van der Waals surface area contributed by atoms with E-state index in [-0.39, 0.29) is 11.4 Å². The molecule has 1 aromatic carbocycles. The predicted molar refractivity (Wildman–Crippen MR) is 96.1 cm³/mol. The summed E-state index contributed by atoms with van der Waals surface area (Å²) < 4.78 is 0. The number of nitrogens with zero attached hydrogens (tertiary/aromatic N) is 3. The van der Waals surface area contributed by atoms with Gasteiger partial charge < -0.3 is 9.80 Å². The molecule has 4 nitrogen and oxygen atoms in total. The highest BCUT2D eigenvalue weighted by molar-refractivity contribution is 6.05. The molecule has 2 aliphatic heterocycles. The molecule has 2 aliphatic rings. The molecule has 1 amide bonds. The van der Waals surface area contributed by atoms with E-state index < -0.39 is 0 Å². The third-order valence-corrected chi connectivity index (χ3v) is 6.04. The topological polar surface area (TPSA) is 36.4 Å². The second kappa shape index (κ2) is 5.85. The fourth-order valence-electron chi connectivity index (χ4n) is 4.78. The van der Waals surface area contributed by atoms with Crippen LogP contribution in [0.5, 0.6) is 0 Å². The molecular formula is C20H25N3O. The van der Waals surface area contributed by atoms with Crippen LogP contribution in [0.15, 0.2) is 36.5 Å². The molecule has 4 rings (SSSR count). The Hall–Kier alpha value is -1.94. The summed E-state index contributed by atoms with van der Waals surface area (Å²) in [7, 11) is 2.20. The monoisotopic (exact) mass is 323 g/mol. The lowest BCUT2D eigenvalue weighted by atomic mass is 9.76. The summed E-state index contributed by atoms with van der Waals surface area (Å²) in [6.45, 7) is 4.24. The quantitative estimate of drug-likeness (QED) is 0.808. The van der Waals surface area contributed by atoms with Crippen LogP contribution in [0.25, 0.3) is 10.8 Å². The van der Waals surface area contributed by atoms with Crippen LogP contribution in [0.1, 0.15) is 43.1 Å². The normalized spacial score (nSPS) is 27.9. The van der Waals surface area contributed by atoms with Crippen molar-refractivity contribution in [2.75, 3.05) is 20.1 Å². The number of rotatable bonds is 1. The van der Waals surface area contributed by atoms with E-state index in [9.17, 15) is 4.79 Å². The van der Waals surface area contributed by atoms with Crippen molar-refractivity contribution in [2.45, 2.75) is 44.2 Å². The molecule has 0 spiro atoms. The van der Waals surface area contributed by atoms with Gasteiger partial charge in [-0.15, -0.1) is 0 Å². The first-order chi connectivity index (χ1) is 11.6. The van der Waals surface area contributed by atoms with Gasteiger partial charge in [0.15, 0.2) is 0 Å². The first kappa shape index (κ1) is 15.6. The highest BCUT2D eigenvalue weighted by Crippen LogP contribution is 2.39. The van der Waals surface area contributed by atoms with Crippen LogP contribution in [0.2, 0.25) is 0 Å². The van der Waals surface area contributed by atoms with Crippen LogP contribution in [0.3, 0.4) is 0 Å². The van der Waals surface area contributed by atoms with Crippen molar-refractivity contribution in [3.63, 3.8) is 0 Å². The molecule has 0 unspecified atom stereocenters. The van der Waals surface area contributed by atoms with Gasteiger partial charge in [-0.1, -0.05) is 24.3 Å². The Morgan fingerprint density at radius 1 is 1.21 bits per heavy atom. The average Bonchev–Trinajstić information content (AvgIpc) is 2.60. The molecule has 0 bridgehead atoms. The Morgan fingerprint density at radius 3 is 2.92 bits per heavy atom. The zero-order chi connectivity index (χ0) is 16.7. The molecular weight excluding hydrogens is 298 g/mol. The van der Waals surface area contributed by atoms with Crippen molar-refractivity contribution in [1.82, 2.24) is 14.8 Å². The fraction of sp³-hybridized carbons (Fsp3) is 0.500. The SMILES string of the molecule is CN1CCC[C@@]2(C)[C@@H]1CCCN2C(=O)c1nccc2ccccc12. The molecule has 3 heterocycles. The van der Waals surface area contributed by atoms with Gasteiger partial charge in [0.1, 0.15) is 5.69 Å². The second-order valence-electron chi connectivity index (χ2n) is 7.44. The van der Waals surface area contributed by atoms with Gasteiger partial charge in [-0.2, -0.15) is 0 Å². The predicted octanol–water partition coefficient (Wildman–Crippen LogP) is 3.32. The first-order valence-corrected chi connectivity index (χ1v) is 8.97. The van der Waals surface area contributed by atoms with Crippen molar-refractivity contribution in [3.05, 3.63) is 42.2 Å². The van der Waals surface area contributed by atoms with Gasteiger partial charge in [0, 0.05) is 24.2 Å². The summed E-state index contributed by atoms with van der Waals surface area (Å²) in [5.74, 6) is 0.0919. The molecule has 2 fully saturated rings. The number of carbonyl (C=O) groups is 1. The Balaban J connectivity index is 1.75. The van der Waals surface area contributed by atoms with Crippen LogP contribution >= 0.6 is 0 Å². The highest BCUT2D eigenvalue weighted by Gasteiger charge is 2.48. The van der Waals surface area contributed by atoms with Crippen molar-refractivity contribution < 1.29 is 4.79 Å². The lowest BCUT2D eigenvalue weighted by Gasteiger charge is -2.55. The van der Waals surface area contributed by atoms with Gasteiger partial charge in [-0.25, -0.2) is 0 Å². The molecule has 126 valence electrons. The van der Waals surface area contributed by atoms with Crippen molar-refractivity contribution >= 4 is 16.7 Å². The number of amides is 1. The standard InChI is InChI=1S/C20H25N3O/c1-20-11-6-13-22(2)17(20)9-5-14-23(20)19(24)18-16-8-4-3-7-15(16)10-12-21-18/h3-4,7-8,10,12,17H,5-6,9,11,13-14H2,1-2H3/t17-,20-/m0/s1. The molecule has 0 N–H and O–H groups in total. The van der Waals surface area contributed by atoms with E-state index in [0.29, 0.717) is 11.7 Å². The van der Waals surface area contributed by atoms with E-state index in [0.717, 1.165) is 43.1 Å². The summed E-state index contributed by atoms with van der Waals surface area (Å²) in [4.78, 5) is 22.5. The Labute approximate surface area is 143 Å². The van der Waals surface area contributed by atoms with Crippen molar-refractivity contribution in [1.29, 1.82) is 0 Å². The smallest absolute Gasteiger partial charge is 0.273 e. The minimum Gasteiger partial charge on any atom is -0.330 e. The van der Waals surface area contributed by atoms with Crippen LogP contribution in [-0.4, -0.2) is 52.4 Å². The van der Waals surface area contributed by atoms with E-state index in [1.165, 1.54) is 6.42 Å². The Morgan fingerprint density at radius 2 is 2.04 bits per heavy atom. The molecule has 4 heteroatoms. The lowest BCUT2D eigenvalue weighted by molar-refractivity contribution is -0.0347. The van der Waals surface area contributed by atoms with Gasteiger partial charge in [0.2, 0.25) is 0 Å². The molecule has 1 aromatic heterocycles. The summed E-state index contributed by atoms with van der Waals surface area (Å²) in [5.41, 5.74) is 0.518. The maximum absolute atomic E-state index is 13.4. The summed E-state index contributed by atoms with van der Waals surface area (Å²) in [5, 5.41) is 2.04. The van der Waals surface area contributed by atoms with Crippen LogP contribution in [-0.2, 0) is 0 Å². The van der Waals surface area contributed by atoms with Gasteiger partial charge in [-0.05, 0) is 57.7 Å². The molecule has 0 saturated carbocycles. The lowest BCUT2D eigenvalue weighted by Crippen LogP contribution is -2.66. The van der Waals surface area contributed by atoms with E-state index in [4.69, 9.17) is 0 Å². The molecule has 0 aliphatic carbocycles. The summed E-state index contributed by atoms with van der Waals surface area (Å²) in [6, 6.07) is 10.5. The zero-order valence-corrected chi connectivity index (χ0v) is 14.5. The van der Waals surface area contributed by atoms with Crippen molar-refractivity contribution in [2.24, 2.45) is 0 Å². The molecule has 0 radical (unpaired) electrons. The molecule has 2 aromatic rings. The number of piperidine rings is 2. The zero-order valence-electron chi connectivity index (χ0n) is 14.5. The number of pyridine rings is 1. The number of fused-ring (bicyclic) bond motifs is 2. The Kier molecular flexibility index (Phi) is 3.80. The number of carbonyl (C=O) groups excluding carboxylic acids is 1. The number of benzene rings is 1. The van der Waals surface area contributed by atoms with Gasteiger partial charge in [-0.3, -0.25) is 9.78 Å². The average molecular weight is 323 g/mol. The van der Waals surface area contributed by atoms with E-state index >= 15 is 0 Å². The number of likely N-dealkylation sites (N-methyl/N-ethyl adjacent to an activating group) is 1. The maximum atomic E-state index is 13.4. The fourth-order valence-corrected chi connectivity index (χ4v) is 4.78. The van der Waals surface area contributed by atoms with Crippen LogP contribution in [0.4, 0.5) is 0 Å². The minimum absolute atomic E-state index is 0.0824. The largest absolute Gasteiger partial charge is 0.330 e. The van der Waals surface area contributed by atoms with Gasteiger partial charge in [0.25, 0.3) is 5.91 Å². The van der Waals surface area contributed by atoms with Gasteiger partial charge in [0.05, 0.1) is 5.54 Å². The minimum atomic E-state index is -0.0824. The number of aromatic nitrogens is 1. The maximum Gasteiger partial charge on any atom is 0.273 e. The van der Waals surface area contributed by atoms with E-state index in [1.54, 1.807) is 6.20 Å². The third kappa shape index (κ3) is 2.32. The first-order valence-electron chi connectivity index (χ1n) is 8.97. The summed E-state index contributed by atoms with van der Waals surface area (Å²) in [6.07, 6.45) is 6.24. The number of hydrogen-bond acceptors (Lipinski definition) is 3. The molecule has 2 saturated heterocycles. The summed E-state index contributed by atoms with van der Waals surface area (Å²) >= 11 is 0. The van der Waals surface area contributed by atoms with Crippen LogP contribution < -0.4 is 0 Å². The molecule has 2 atom stereocenters. The second-order valence-corrected chi connectivity index (χ2v) is 7.44.